The molecule has 12 heteroatoms. The molecule has 0 spiro atoms. The molecule has 2 fully saturated rings. The quantitative estimate of drug-likeness (QED) is 0.555. The molecule has 1 saturated carbocycles. The molecule has 1 aliphatic carbocycles. The molecule has 1 saturated heterocycles. The average molecular weight is 573 g/mol. The minimum absolute atomic E-state index is 0.0862. The summed E-state index contributed by atoms with van der Waals surface area (Å²) in [6.45, 7) is 11.3. The largest absolute Gasteiger partial charge is 0.459 e. The van der Waals surface area contributed by atoms with E-state index in [0.29, 0.717) is 19.4 Å². The van der Waals surface area contributed by atoms with E-state index in [1.807, 2.05) is 34.6 Å². The van der Waals surface area contributed by atoms with Gasteiger partial charge in [0.1, 0.15) is 17.7 Å². The molecule has 0 unspecified atom stereocenters. The molecule has 0 aromatic carbocycles. The zero-order chi connectivity index (χ0) is 30.1. The highest BCUT2D eigenvalue weighted by atomic mass is 16.6. The molecule has 3 N–H and O–H groups in total. The number of aromatic nitrogens is 3. The van der Waals surface area contributed by atoms with Crippen LogP contribution in [0.1, 0.15) is 85.9 Å². The van der Waals surface area contributed by atoms with Gasteiger partial charge >= 0.3 is 17.8 Å². The van der Waals surface area contributed by atoms with Crippen molar-refractivity contribution in [3.8, 4) is 6.01 Å². The van der Waals surface area contributed by atoms with E-state index in [0.717, 1.165) is 25.7 Å². The van der Waals surface area contributed by atoms with Crippen molar-refractivity contribution in [2.24, 2.45) is 23.0 Å². The molecule has 0 radical (unpaired) electrons. The number of carbonyl (C=O) groups is 3. The molecule has 41 heavy (non-hydrogen) atoms. The summed E-state index contributed by atoms with van der Waals surface area (Å²) in [5.74, 6) is -0.571. The van der Waals surface area contributed by atoms with Crippen molar-refractivity contribution in [1.29, 1.82) is 0 Å². The van der Waals surface area contributed by atoms with Crippen LogP contribution in [-0.4, -0.2) is 67.6 Å². The second-order valence-electron chi connectivity index (χ2n) is 12.8. The van der Waals surface area contributed by atoms with E-state index < -0.39 is 41.0 Å². The van der Waals surface area contributed by atoms with Crippen LogP contribution in [0.3, 0.4) is 0 Å². The topological polar surface area (TPSA) is 159 Å². The van der Waals surface area contributed by atoms with E-state index in [1.165, 1.54) is 28.7 Å². The smallest absolute Gasteiger partial charge is 0.408 e. The molecule has 1 aromatic heterocycles. The zero-order valence-electron chi connectivity index (χ0n) is 25.0. The summed E-state index contributed by atoms with van der Waals surface area (Å²) in [5.41, 5.74) is 3.79. The van der Waals surface area contributed by atoms with Gasteiger partial charge in [-0.25, -0.2) is 14.2 Å². The van der Waals surface area contributed by atoms with E-state index in [4.69, 9.17) is 15.2 Å². The van der Waals surface area contributed by atoms with Gasteiger partial charge in [0, 0.05) is 18.4 Å². The van der Waals surface area contributed by atoms with Gasteiger partial charge in [-0.1, -0.05) is 40.5 Å². The van der Waals surface area contributed by atoms with Gasteiger partial charge in [-0.3, -0.25) is 9.59 Å². The fraction of sp³-hybridized carbons (Fsp3) is 0.724. The van der Waals surface area contributed by atoms with Gasteiger partial charge in [0.15, 0.2) is 11.6 Å². The van der Waals surface area contributed by atoms with Crippen molar-refractivity contribution in [3.05, 3.63) is 22.5 Å². The van der Waals surface area contributed by atoms with E-state index in [-0.39, 0.29) is 41.9 Å². The lowest BCUT2D eigenvalue weighted by molar-refractivity contribution is -0.141. The Kier molecular flexibility index (Phi) is 8.79. The highest BCUT2D eigenvalue weighted by Crippen LogP contribution is 2.49. The number of Topliss-reactive ketones (excluding diaryl/α,β-unsaturated/α-hetero) is 1. The van der Waals surface area contributed by atoms with Crippen LogP contribution in [-0.2, 0) is 20.9 Å². The number of ketones is 1. The number of nitrogens with zero attached hydrogens (tertiary/aromatic N) is 4. The Balaban J connectivity index is 1.75. The van der Waals surface area contributed by atoms with Crippen molar-refractivity contribution in [2.45, 2.75) is 110 Å². The van der Waals surface area contributed by atoms with Crippen LogP contribution in [0.2, 0.25) is 0 Å². The molecule has 3 aliphatic rings. The Morgan fingerprint density at radius 2 is 1.93 bits per heavy atom. The minimum atomic E-state index is -0.939. The van der Waals surface area contributed by atoms with Gasteiger partial charge in [0.05, 0.1) is 12.6 Å². The van der Waals surface area contributed by atoms with Crippen LogP contribution in [0.15, 0.2) is 11.0 Å². The summed E-state index contributed by atoms with van der Waals surface area (Å²) < 4.78 is 13.6. The number of hydrogen-bond acceptors (Lipinski definition) is 9. The Morgan fingerprint density at radius 1 is 1.20 bits per heavy atom. The van der Waals surface area contributed by atoms with Crippen molar-refractivity contribution in [3.63, 3.8) is 0 Å². The van der Waals surface area contributed by atoms with Crippen molar-refractivity contribution >= 4 is 23.9 Å². The third-order valence-electron chi connectivity index (χ3n) is 8.64. The number of alkyl carbamates (subject to hydrolysis) is 1. The summed E-state index contributed by atoms with van der Waals surface area (Å²) in [5, 5.41) is 2.82. The van der Waals surface area contributed by atoms with Gasteiger partial charge < -0.3 is 25.4 Å². The van der Waals surface area contributed by atoms with Crippen LogP contribution < -0.4 is 21.5 Å². The summed E-state index contributed by atoms with van der Waals surface area (Å²) in [6, 6.07) is -1.62. The van der Waals surface area contributed by atoms with Crippen LogP contribution >= 0.6 is 0 Å². The summed E-state index contributed by atoms with van der Waals surface area (Å²) in [6.07, 6.45) is 6.07. The fourth-order valence-electron chi connectivity index (χ4n) is 6.21. The molecular formula is C29H44N6O6. The van der Waals surface area contributed by atoms with Gasteiger partial charge in [-0.2, -0.15) is 9.97 Å². The molecule has 12 nitrogen and oxygen atoms in total. The predicted molar refractivity (Wildman–Crippen MR) is 152 cm³/mol. The normalized spacial score (nSPS) is 31.3. The van der Waals surface area contributed by atoms with Gasteiger partial charge in [0.2, 0.25) is 5.91 Å². The SMILES string of the molecule is CC[C@@H]1[C@@H]2CN(C(=O)[C@H](C(C)(C)C)NC(=O)O[C@]3(C)C[C@H]3CCCCCn3c(nc(C=CN)nc3=O)O2)[C@@H]1C(C)=O. The van der Waals surface area contributed by atoms with E-state index in [2.05, 4.69) is 15.3 Å². The zero-order valence-corrected chi connectivity index (χ0v) is 25.0. The summed E-state index contributed by atoms with van der Waals surface area (Å²) in [7, 11) is 0. The van der Waals surface area contributed by atoms with Crippen LogP contribution in [0.4, 0.5) is 4.79 Å². The number of carbonyl (C=O) groups excluding carboxylic acids is 3. The van der Waals surface area contributed by atoms with E-state index in [1.54, 1.807) is 0 Å². The molecule has 6 atom stereocenters. The van der Waals surface area contributed by atoms with Crippen LogP contribution in [0, 0.1) is 17.3 Å². The maximum atomic E-state index is 14.1. The molecule has 3 heterocycles. The maximum Gasteiger partial charge on any atom is 0.408 e. The van der Waals surface area contributed by atoms with Gasteiger partial charge in [-0.15, -0.1) is 0 Å². The molecule has 2 aliphatic heterocycles. The highest BCUT2D eigenvalue weighted by Gasteiger charge is 2.54. The maximum absolute atomic E-state index is 14.1. The molecular weight excluding hydrogens is 528 g/mol. The number of fused-ring (bicyclic) bond motifs is 4. The highest BCUT2D eigenvalue weighted by molar-refractivity contribution is 5.92. The van der Waals surface area contributed by atoms with Crippen molar-refractivity contribution in [2.75, 3.05) is 6.54 Å². The number of nitrogens with one attached hydrogen (secondary N) is 1. The molecule has 4 rings (SSSR count). The average Bonchev–Trinajstić information content (AvgIpc) is 3.34. The number of ether oxygens (including phenoxy) is 2. The lowest BCUT2D eigenvalue weighted by Gasteiger charge is -2.35. The van der Waals surface area contributed by atoms with Crippen LogP contribution in [0.25, 0.3) is 6.08 Å². The molecule has 2 bridgehead atoms. The summed E-state index contributed by atoms with van der Waals surface area (Å²) >= 11 is 0. The first-order chi connectivity index (χ1) is 19.3. The van der Waals surface area contributed by atoms with Crippen molar-refractivity contribution in [1.82, 2.24) is 24.8 Å². The number of hydrogen-bond donors (Lipinski definition) is 2. The standard InChI is InChI=1S/C29H44N6O6/c1-7-19-20-16-35(22(19)17(2)36)24(37)23(28(3,4)5)33-27(39)41-29(6)15-18(29)11-9-8-10-14-34-25(38)31-21(12-13-30)32-26(34)40-20/h12-13,18-20,22-23H,7-11,14-16,30H2,1-6H3,(H,33,39)/t18-,19-,20+,22-,23-,29-/m1/s1. The minimum Gasteiger partial charge on any atom is -0.459 e. The number of amides is 2. The first-order valence-electron chi connectivity index (χ1n) is 14.6. The fourth-order valence-corrected chi connectivity index (χ4v) is 6.21. The Labute approximate surface area is 241 Å². The molecule has 2 amide bonds. The second kappa shape index (κ2) is 11.8. The van der Waals surface area contributed by atoms with Gasteiger partial charge in [-0.05, 0) is 57.2 Å². The first-order valence-corrected chi connectivity index (χ1v) is 14.6. The monoisotopic (exact) mass is 572 g/mol. The third-order valence-corrected chi connectivity index (χ3v) is 8.64. The first kappa shape index (κ1) is 30.5. The van der Waals surface area contributed by atoms with Gasteiger partial charge in [0.25, 0.3) is 0 Å². The number of nitrogens with two attached hydrogens (primary N) is 1. The Morgan fingerprint density at radius 3 is 2.56 bits per heavy atom. The van der Waals surface area contributed by atoms with E-state index in [9.17, 15) is 19.2 Å². The summed E-state index contributed by atoms with van der Waals surface area (Å²) in [4.78, 5) is 63.2. The second-order valence-corrected chi connectivity index (χ2v) is 12.8. The molecule has 226 valence electrons. The third kappa shape index (κ3) is 6.56. The lowest BCUT2D eigenvalue weighted by Crippen LogP contribution is -2.57. The van der Waals surface area contributed by atoms with Crippen LogP contribution in [0.5, 0.6) is 6.01 Å². The molecule has 1 aromatic rings. The Bertz CT molecular complexity index is 1260. The number of rotatable bonds is 3. The lowest BCUT2D eigenvalue weighted by atomic mass is 9.85. The Hall–Kier alpha value is -3.44. The predicted octanol–water partition coefficient (Wildman–Crippen LogP) is 2.63. The van der Waals surface area contributed by atoms with E-state index >= 15 is 0 Å². The van der Waals surface area contributed by atoms with Crippen molar-refractivity contribution < 1.29 is 23.9 Å².